The zero-order valence-electron chi connectivity index (χ0n) is 22.6. The molecule has 4 nitrogen and oxygen atoms in total. The second-order valence-corrected chi connectivity index (χ2v) is 16.0. The molecular formula is C29H32F4N2O2Si. The van der Waals surface area contributed by atoms with Gasteiger partial charge in [0, 0.05) is 11.4 Å². The van der Waals surface area contributed by atoms with Crippen molar-refractivity contribution in [1.82, 2.24) is 0 Å². The van der Waals surface area contributed by atoms with Gasteiger partial charge in [-0.1, -0.05) is 20.8 Å². The van der Waals surface area contributed by atoms with E-state index < -0.39 is 31.8 Å². The molecule has 0 aliphatic carbocycles. The first-order valence-corrected chi connectivity index (χ1v) is 15.3. The summed E-state index contributed by atoms with van der Waals surface area (Å²) in [5, 5.41) is -0.00414. The summed E-state index contributed by atoms with van der Waals surface area (Å²) in [6.07, 6.45) is -4.60. The van der Waals surface area contributed by atoms with Gasteiger partial charge in [0.05, 0.1) is 16.8 Å². The average Bonchev–Trinajstić information content (AvgIpc) is 2.79. The Morgan fingerprint density at radius 1 is 0.816 bits per heavy atom. The SMILES string of the molecule is Cc1cc(O[Si](C)(C)C(C)(C)C)ccc1N1CN(c2ccc(F)cc2C)c2ccc(C(F)(F)F)cc2C1=O. The maximum absolute atomic E-state index is 13.9. The minimum absolute atomic E-state index is 0.00414. The van der Waals surface area contributed by atoms with Gasteiger partial charge in [-0.2, -0.15) is 13.2 Å². The molecule has 3 aromatic carbocycles. The van der Waals surface area contributed by atoms with Gasteiger partial charge in [-0.05, 0) is 97.7 Å². The van der Waals surface area contributed by atoms with Gasteiger partial charge in [0.2, 0.25) is 8.32 Å². The molecule has 1 aliphatic heterocycles. The van der Waals surface area contributed by atoms with Gasteiger partial charge in [-0.3, -0.25) is 9.69 Å². The molecule has 9 heteroatoms. The fourth-order valence-corrected chi connectivity index (χ4v) is 5.32. The fraction of sp³-hybridized carbons (Fsp3) is 0.345. The predicted molar refractivity (Wildman–Crippen MR) is 145 cm³/mol. The van der Waals surface area contributed by atoms with Crippen molar-refractivity contribution in [3.63, 3.8) is 0 Å². The molecule has 0 spiro atoms. The smallest absolute Gasteiger partial charge is 0.416 e. The largest absolute Gasteiger partial charge is 0.543 e. The van der Waals surface area contributed by atoms with Crippen molar-refractivity contribution >= 4 is 31.3 Å². The highest BCUT2D eigenvalue weighted by Crippen LogP contribution is 2.42. The van der Waals surface area contributed by atoms with E-state index in [-0.39, 0.29) is 17.3 Å². The molecule has 0 fully saturated rings. The van der Waals surface area contributed by atoms with Gasteiger partial charge in [-0.25, -0.2) is 4.39 Å². The Bertz CT molecular complexity index is 1400. The first-order valence-electron chi connectivity index (χ1n) is 12.4. The lowest BCUT2D eigenvalue weighted by Crippen LogP contribution is -2.45. The number of amides is 1. The lowest BCUT2D eigenvalue weighted by molar-refractivity contribution is -0.137. The summed E-state index contributed by atoms with van der Waals surface area (Å²) in [4.78, 5) is 16.9. The molecule has 0 aromatic heterocycles. The number of anilines is 3. The van der Waals surface area contributed by atoms with Crippen LogP contribution in [0.1, 0.15) is 47.8 Å². The quantitative estimate of drug-likeness (QED) is 0.244. The van der Waals surface area contributed by atoms with Crippen LogP contribution in [0.2, 0.25) is 18.1 Å². The van der Waals surface area contributed by atoms with Crippen molar-refractivity contribution in [2.75, 3.05) is 16.5 Å². The molecule has 0 saturated carbocycles. The molecular weight excluding hydrogens is 512 g/mol. The topological polar surface area (TPSA) is 32.8 Å². The summed E-state index contributed by atoms with van der Waals surface area (Å²) in [5.41, 5.74) is 1.86. The summed E-state index contributed by atoms with van der Waals surface area (Å²) in [6, 6.07) is 12.8. The number of nitrogens with zero attached hydrogens (tertiary/aromatic N) is 2. The number of rotatable bonds is 4. The molecule has 0 saturated heterocycles. The second kappa shape index (κ2) is 9.45. The summed E-state index contributed by atoms with van der Waals surface area (Å²) < 4.78 is 61.0. The van der Waals surface area contributed by atoms with E-state index in [4.69, 9.17) is 4.43 Å². The van der Waals surface area contributed by atoms with Crippen molar-refractivity contribution < 1.29 is 26.8 Å². The number of carbonyl (C=O) groups excluding carboxylic acids is 1. The standard InChI is InChI=1S/C29H32F4N2O2Si/c1-18-14-21(30)9-12-24(18)34-17-35(27(36)23-16-20(29(31,32)33)8-11-26(23)34)25-13-10-22(15-19(25)2)37-38(6,7)28(3,4)5/h8-16H,17H2,1-7H3. The summed E-state index contributed by atoms with van der Waals surface area (Å²) in [5.74, 6) is -0.270. The molecule has 202 valence electrons. The van der Waals surface area contributed by atoms with E-state index in [1.54, 1.807) is 30.0 Å². The van der Waals surface area contributed by atoms with Crippen LogP contribution < -0.4 is 14.2 Å². The zero-order valence-corrected chi connectivity index (χ0v) is 23.6. The number of aryl methyl sites for hydroxylation is 2. The van der Waals surface area contributed by atoms with Gasteiger partial charge < -0.3 is 9.33 Å². The van der Waals surface area contributed by atoms with E-state index in [0.29, 0.717) is 28.4 Å². The Hall–Kier alpha value is -3.33. The molecule has 0 N–H and O–H groups in total. The van der Waals surface area contributed by atoms with E-state index in [0.717, 1.165) is 17.7 Å². The summed E-state index contributed by atoms with van der Waals surface area (Å²) in [7, 11) is -2.10. The highest BCUT2D eigenvalue weighted by atomic mass is 28.4. The summed E-state index contributed by atoms with van der Waals surface area (Å²) >= 11 is 0. The molecule has 1 amide bonds. The van der Waals surface area contributed by atoms with Crippen molar-refractivity contribution in [2.24, 2.45) is 0 Å². The van der Waals surface area contributed by atoms with Crippen LogP contribution in [0.3, 0.4) is 0 Å². The van der Waals surface area contributed by atoms with Crippen LogP contribution in [0.4, 0.5) is 34.6 Å². The Morgan fingerprint density at radius 2 is 1.39 bits per heavy atom. The van der Waals surface area contributed by atoms with Crippen LogP contribution in [-0.2, 0) is 6.18 Å². The van der Waals surface area contributed by atoms with Crippen molar-refractivity contribution in [3.05, 3.63) is 82.7 Å². The van der Waals surface area contributed by atoms with Crippen LogP contribution in [0.5, 0.6) is 5.75 Å². The van der Waals surface area contributed by atoms with Crippen LogP contribution in [0.15, 0.2) is 54.6 Å². The average molecular weight is 545 g/mol. The Balaban J connectivity index is 1.80. The maximum atomic E-state index is 13.9. The first kappa shape index (κ1) is 27.7. The monoisotopic (exact) mass is 544 g/mol. The third kappa shape index (κ3) is 5.16. The molecule has 1 heterocycles. The maximum Gasteiger partial charge on any atom is 0.416 e. The van der Waals surface area contributed by atoms with Crippen LogP contribution in [-0.4, -0.2) is 20.9 Å². The van der Waals surface area contributed by atoms with Gasteiger partial charge >= 0.3 is 6.18 Å². The number of alkyl halides is 3. The van der Waals surface area contributed by atoms with Gasteiger partial charge in [0.25, 0.3) is 5.91 Å². The first-order chi connectivity index (χ1) is 17.5. The number of fused-ring (bicyclic) bond motifs is 1. The van der Waals surface area contributed by atoms with Crippen molar-refractivity contribution in [2.45, 2.75) is 58.9 Å². The molecule has 0 bridgehead atoms. The molecule has 4 rings (SSSR count). The van der Waals surface area contributed by atoms with E-state index >= 15 is 0 Å². The number of hydrogen-bond acceptors (Lipinski definition) is 3. The minimum atomic E-state index is -4.60. The lowest BCUT2D eigenvalue weighted by Gasteiger charge is -2.40. The Morgan fingerprint density at radius 3 is 1.97 bits per heavy atom. The second-order valence-electron chi connectivity index (χ2n) is 11.3. The fourth-order valence-electron chi connectivity index (χ4n) is 4.30. The molecule has 38 heavy (non-hydrogen) atoms. The molecule has 1 aliphatic rings. The third-order valence-electron chi connectivity index (χ3n) is 7.46. The van der Waals surface area contributed by atoms with E-state index in [1.807, 2.05) is 13.0 Å². The van der Waals surface area contributed by atoms with Crippen molar-refractivity contribution in [3.8, 4) is 5.75 Å². The Kier molecular flexibility index (Phi) is 6.89. The Labute approximate surface area is 222 Å². The van der Waals surface area contributed by atoms with E-state index in [9.17, 15) is 22.4 Å². The highest BCUT2D eigenvalue weighted by molar-refractivity contribution is 6.74. The normalized spacial score (nSPS) is 14.6. The van der Waals surface area contributed by atoms with Gasteiger partial charge in [0.1, 0.15) is 18.2 Å². The predicted octanol–water partition coefficient (Wildman–Crippen LogP) is 8.60. The lowest BCUT2D eigenvalue weighted by atomic mass is 10.0. The van der Waals surface area contributed by atoms with Crippen molar-refractivity contribution in [1.29, 1.82) is 0 Å². The van der Waals surface area contributed by atoms with E-state index in [2.05, 4.69) is 33.9 Å². The molecule has 0 atom stereocenters. The number of carbonyl (C=O) groups is 1. The molecule has 3 aromatic rings. The summed E-state index contributed by atoms with van der Waals surface area (Å²) in [6.45, 7) is 14.3. The van der Waals surface area contributed by atoms with Crippen LogP contribution >= 0.6 is 0 Å². The number of halogens is 4. The van der Waals surface area contributed by atoms with Gasteiger partial charge in [0.15, 0.2) is 0 Å². The van der Waals surface area contributed by atoms with Crippen LogP contribution in [0.25, 0.3) is 0 Å². The highest BCUT2D eigenvalue weighted by Gasteiger charge is 2.40. The number of hydrogen-bond donors (Lipinski definition) is 0. The van der Waals surface area contributed by atoms with Crippen LogP contribution in [0, 0.1) is 19.7 Å². The van der Waals surface area contributed by atoms with Gasteiger partial charge in [-0.15, -0.1) is 0 Å². The van der Waals surface area contributed by atoms with E-state index in [1.165, 1.54) is 23.1 Å². The molecule has 0 radical (unpaired) electrons. The zero-order chi connectivity index (χ0) is 28.2. The third-order valence-corrected chi connectivity index (χ3v) is 11.8. The number of benzene rings is 3. The molecule has 0 unspecified atom stereocenters. The minimum Gasteiger partial charge on any atom is -0.543 e.